The van der Waals surface area contributed by atoms with Gasteiger partial charge < -0.3 is 14.4 Å². The van der Waals surface area contributed by atoms with E-state index < -0.39 is 39.2 Å². The molecule has 3 heterocycles. The van der Waals surface area contributed by atoms with E-state index in [0.29, 0.717) is 44.3 Å². The normalized spacial score (nSPS) is 16.4. The fraction of sp³-hybridized carbons (Fsp3) is 0.184. The average molecular weight is 883 g/mol. The van der Waals surface area contributed by atoms with Crippen LogP contribution in [0, 0.1) is 45.0 Å². The van der Waals surface area contributed by atoms with Crippen molar-refractivity contribution in [1.29, 1.82) is 0 Å². The molecule has 0 saturated carbocycles. The van der Waals surface area contributed by atoms with E-state index in [9.17, 15) is 0 Å². The Balaban J connectivity index is 0.000000224. The summed E-state index contributed by atoms with van der Waals surface area (Å²) in [5.41, 5.74) is 4.66. The van der Waals surface area contributed by atoms with Crippen molar-refractivity contribution in [3.63, 3.8) is 0 Å². The number of fused-ring (bicyclic) bond motifs is 3. The summed E-state index contributed by atoms with van der Waals surface area (Å²) in [4.78, 5) is 8.82. The van der Waals surface area contributed by atoms with Crippen molar-refractivity contribution in [1.82, 2.24) is 9.97 Å². The van der Waals surface area contributed by atoms with Gasteiger partial charge in [-0.1, -0.05) is 142 Å². The fourth-order valence-electron chi connectivity index (χ4n) is 6.05. The molecule has 267 valence electrons. The Morgan fingerprint density at radius 2 is 1.38 bits per heavy atom. The number of aromatic nitrogens is 2. The van der Waals surface area contributed by atoms with Crippen molar-refractivity contribution in [3.8, 4) is 44.8 Å². The molecule has 0 N–H and O–H groups in total. The van der Waals surface area contributed by atoms with Gasteiger partial charge in [-0.05, 0) is 76.3 Å². The summed E-state index contributed by atoms with van der Waals surface area (Å²) < 4.78 is 118. The molecule has 0 aliphatic carbocycles. The van der Waals surface area contributed by atoms with Crippen LogP contribution >= 0.6 is 0 Å². The first-order valence-corrected chi connectivity index (χ1v) is 16.7. The van der Waals surface area contributed by atoms with Gasteiger partial charge in [0.2, 0.25) is 0 Å². The third-order valence-electron chi connectivity index (χ3n) is 8.42. The molecule has 0 fully saturated rings. The molecule has 8 aromatic rings. The number of benzene rings is 5. The average Bonchev–Trinajstić information content (AvgIpc) is 3.64. The molecule has 3 aromatic heterocycles. The summed E-state index contributed by atoms with van der Waals surface area (Å²) in [6.45, 7) is -4.16. The van der Waals surface area contributed by atoms with E-state index in [0.717, 1.165) is 5.56 Å². The van der Waals surface area contributed by atoms with Crippen LogP contribution in [0.25, 0.3) is 66.7 Å². The second-order valence-corrected chi connectivity index (χ2v) is 13.4. The Kier molecular flexibility index (Phi) is 7.02. The Morgan fingerprint density at radius 1 is 0.660 bits per heavy atom. The quantitative estimate of drug-likeness (QED) is 0.162. The predicted octanol–water partition coefficient (Wildman–Crippen LogP) is 13.2. The number of furan rings is 1. The molecule has 0 spiro atoms. The van der Waals surface area contributed by atoms with Crippen molar-refractivity contribution in [3.05, 3.63) is 168 Å². The molecule has 0 unspecified atom stereocenters. The zero-order chi connectivity index (χ0) is 48.2. The van der Waals surface area contributed by atoms with Crippen molar-refractivity contribution in [2.45, 2.75) is 54.6 Å². The molecule has 0 aliphatic heterocycles. The monoisotopic (exact) mass is 883 g/mol. The molecule has 0 bridgehead atoms. The molecule has 4 heteroatoms. The van der Waals surface area contributed by atoms with Gasteiger partial charge in [-0.15, -0.1) is 47.0 Å². The Hall–Kier alpha value is -5.15. The number of para-hydroxylation sites is 1. The van der Waals surface area contributed by atoms with Gasteiger partial charge in [-0.2, -0.15) is 0 Å². The summed E-state index contributed by atoms with van der Waals surface area (Å²) in [5, 5.41) is 1.02. The van der Waals surface area contributed by atoms with Gasteiger partial charge in [0.05, 0.1) is 5.58 Å². The third-order valence-corrected chi connectivity index (χ3v) is 8.42. The van der Waals surface area contributed by atoms with Gasteiger partial charge in [-0.25, -0.2) is 0 Å². The minimum atomic E-state index is -2.56. The van der Waals surface area contributed by atoms with Crippen LogP contribution in [0.2, 0.25) is 0 Å². The molecule has 1 radical (unpaired) electrons. The second-order valence-electron chi connectivity index (χ2n) is 13.4. The van der Waals surface area contributed by atoms with Crippen molar-refractivity contribution in [2.75, 3.05) is 0 Å². The van der Waals surface area contributed by atoms with E-state index >= 15 is 0 Å². The molecule has 8 rings (SSSR count). The minimum Gasteiger partial charge on any atom is -0.501 e. The van der Waals surface area contributed by atoms with Crippen LogP contribution in [-0.4, -0.2) is 9.97 Å². The molecule has 53 heavy (non-hydrogen) atoms. The van der Waals surface area contributed by atoms with Crippen LogP contribution in [0.15, 0.2) is 132 Å². The number of hydrogen-bond donors (Lipinski definition) is 0. The summed E-state index contributed by atoms with van der Waals surface area (Å²) in [5.74, 6) is 0. The third kappa shape index (κ3) is 8.25. The smallest absolute Gasteiger partial charge is 0.120 e. The molecule has 0 amide bonds. The van der Waals surface area contributed by atoms with E-state index in [1.165, 1.54) is 30.5 Å². The Labute approximate surface area is 347 Å². The number of rotatable bonds is 5. The van der Waals surface area contributed by atoms with Crippen LogP contribution in [0.5, 0.6) is 0 Å². The van der Waals surface area contributed by atoms with E-state index in [1.807, 2.05) is 51.1 Å². The first kappa shape index (κ1) is 23.5. The molecular formula is C49H44IrN2O-2. The number of hydrogen-bond acceptors (Lipinski definition) is 3. The largest absolute Gasteiger partial charge is 0.501 e. The first-order valence-electron chi connectivity index (χ1n) is 23.7. The summed E-state index contributed by atoms with van der Waals surface area (Å²) >= 11 is 0. The van der Waals surface area contributed by atoms with Crippen LogP contribution < -0.4 is 0 Å². The maximum absolute atomic E-state index is 8.39. The van der Waals surface area contributed by atoms with Crippen molar-refractivity contribution >= 4 is 21.9 Å². The summed E-state index contributed by atoms with van der Waals surface area (Å²) in [6.07, 6.45) is 1.23. The van der Waals surface area contributed by atoms with Crippen LogP contribution in [0.4, 0.5) is 0 Å². The number of aryl methyl sites for hydroxylation is 4. The number of pyridine rings is 2. The van der Waals surface area contributed by atoms with Crippen LogP contribution in [-0.2, 0) is 26.5 Å². The van der Waals surface area contributed by atoms with Crippen LogP contribution in [0.3, 0.4) is 0 Å². The van der Waals surface area contributed by atoms with Crippen molar-refractivity contribution < 1.29 is 43.7 Å². The van der Waals surface area contributed by atoms with Gasteiger partial charge in [0.15, 0.2) is 0 Å². The zero-order valence-corrected chi connectivity index (χ0v) is 31.7. The molecule has 5 aromatic carbocycles. The van der Waals surface area contributed by atoms with E-state index in [-0.39, 0.29) is 64.8 Å². The molecular weight excluding hydrogens is 825 g/mol. The fourth-order valence-corrected chi connectivity index (χ4v) is 6.05. The van der Waals surface area contributed by atoms with Gasteiger partial charge in [0.1, 0.15) is 5.58 Å². The predicted molar refractivity (Wildman–Crippen MR) is 217 cm³/mol. The van der Waals surface area contributed by atoms with E-state index in [2.05, 4.69) is 22.1 Å². The minimum absolute atomic E-state index is 0. The van der Waals surface area contributed by atoms with E-state index in [4.69, 9.17) is 23.6 Å². The van der Waals surface area contributed by atoms with Crippen molar-refractivity contribution in [2.24, 2.45) is 5.41 Å². The Morgan fingerprint density at radius 3 is 2.13 bits per heavy atom. The standard InChI is InChI=1S/C26H20NO.C23H24N.Ir/c1-16-8-4-5-9-19(16)22-14-23(27-15-18(22)3)20-13-12-17(2)25-21-10-6-7-11-24(21)28-26(20)25;1-17-10-12-20(14-21(17)19-8-6-5-7-9-19)22-13-11-18(16-24-22)15-23(2,3)4;/h4-12,14-15H,1-3H3;5-11,13-14,16H,15H2,1-4H3;/q2*-1;/i1D3,2D3,3D3;1D3,15D2;. The van der Waals surface area contributed by atoms with E-state index in [1.54, 1.807) is 66.9 Å². The molecule has 0 saturated heterocycles. The second kappa shape index (κ2) is 15.8. The number of nitrogens with zero attached hydrogens (tertiary/aromatic N) is 2. The van der Waals surface area contributed by atoms with Crippen LogP contribution in [0.1, 0.15) is 67.8 Å². The SMILES string of the molecule is [2H]C([2H])([2H])c1c[c-]c(-c2ccc(C([2H])([2H])C(C)(C)C)cn2)cc1-c1ccccc1.[2H]C([2H])([2H])c1ccccc1-c1cc(-c2[c-]cc(C([2H])([2H])[2H])c3c2oc2ccccc23)ncc1C([2H])([2H])[2H].[Ir]. The zero-order valence-electron chi connectivity index (χ0n) is 43.3. The topological polar surface area (TPSA) is 38.9 Å². The van der Waals surface area contributed by atoms with Gasteiger partial charge in [-0.3, -0.25) is 0 Å². The molecule has 0 atom stereocenters. The maximum atomic E-state index is 8.39. The molecule has 3 nitrogen and oxygen atoms in total. The van der Waals surface area contributed by atoms with Gasteiger partial charge in [0.25, 0.3) is 0 Å². The molecule has 0 aliphatic rings. The first-order chi connectivity index (χ1) is 30.7. The Bertz CT molecular complexity index is 3040. The summed E-state index contributed by atoms with van der Waals surface area (Å²) in [7, 11) is 0. The summed E-state index contributed by atoms with van der Waals surface area (Å²) in [6, 6.07) is 38.4. The van der Waals surface area contributed by atoms with Gasteiger partial charge in [0, 0.05) is 57.1 Å². The maximum Gasteiger partial charge on any atom is 0.120 e. The van der Waals surface area contributed by atoms with Gasteiger partial charge >= 0.3 is 0 Å².